The minimum Gasteiger partial charge on any atom is -0.360 e. The average molecular weight is 284 g/mol. The van der Waals surface area contributed by atoms with Gasteiger partial charge in [0, 0.05) is 17.1 Å². The first kappa shape index (κ1) is 13.2. The second-order valence-electron chi connectivity index (χ2n) is 4.02. The quantitative estimate of drug-likeness (QED) is 0.915. The van der Waals surface area contributed by atoms with Crippen molar-refractivity contribution < 1.29 is 0 Å². The molecule has 0 radical (unpaired) electrons. The molecule has 2 aromatic heterocycles. The van der Waals surface area contributed by atoms with Gasteiger partial charge in [0.05, 0.1) is 6.54 Å². The lowest BCUT2D eigenvalue weighted by Crippen LogP contribution is -2.15. The van der Waals surface area contributed by atoms with Gasteiger partial charge in [0.25, 0.3) is 0 Å². The number of anilines is 1. The van der Waals surface area contributed by atoms with E-state index in [-0.39, 0.29) is 4.87 Å². The van der Waals surface area contributed by atoms with Crippen molar-refractivity contribution in [2.24, 2.45) is 0 Å². The van der Waals surface area contributed by atoms with Gasteiger partial charge in [-0.3, -0.25) is 9.36 Å². The Morgan fingerprint density at radius 1 is 1.28 bits per heavy atom. The molecule has 7 heteroatoms. The number of aryl methyl sites for hydroxylation is 1. The van der Waals surface area contributed by atoms with Crippen LogP contribution in [0.1, 0.15) is 28.9 Å². The summed E-state index contributed by atoms with van der Waals surface area (Å²) in [7, 11) is 0. The normalized spacial score (nSPS) is 10.8. The fourth-order valence-electron chi connectivity index (χ4n) is 1.53. The van der Waals surface area contributed by atoms with Crippen molar-refractivity contribution >= 4 is 27.8 Å². The van der Waals surface area contributed by atoms with Gasteiger partial charge >= 0.3 is 4.87 Å². The number of hydrogen-bond acceptors (Lipinski definition) is 6. The van der Waals surface area contributed by atoms with E-state index in [1.54, 1.807) is 4.57 Å². The molecular formula is C11H16N4OS2. The maximum Gasteiger partial charge on any atom is 0.307 e. The van der Waals surface area contributed by atoms with Crippen LogP contribution in [-0.4, -0.2) is 21.3 Å². The molecule has 0 fully saturated rings. The monoisotopic (exact) mass is 284 g/mol. The largest absolute Gasteiger partial charge is 0.360 e. The zero-order valence-corrected chi connectivity index (χ0v) is 12.3. The molecule has 0 aromatic carbocycles. The Morgan fingerprint density at radius 2 is 2.06 bits per heavy atom. The van der Waals surface area contributed by atoms with E-state index in [9.17, 15) is 4.79 Å². The summed E-state index contributed by atoms with van der Waals surface area (Å²) in [6.45, 7) is 7.44. The molecule has 0 aliphatic rings. The third-order valence-corrected chi connectivity index (χ3v) is 4.52. The summed E-state index contributed by atoms with van der Waals surface area (Å²) >= 11 is 2.79. The Kier molecular flexibility index (Phi) is 4.13. The highest BCUT2D eigenvalue weighted by molar-refractivity contribution is 7.15. The Labute approximate surface area is 114 Å². The number of aromatic nitrogens is 3. The average Bonchev–Trinajstić information content (AvgIpc) is 2.88. The van der Waals surface area contributed by atoms with E-state index < -0.39 is 0 Å². The Balaban J connectivity index is 2.14. The highest BCUT2D eigenvalue weighted by Gasteiger charge is 2.10. The Morgan fingerprint density at radius 3 is 2.67 bits per heavy atom. The van der Waals surface area contributed by atoms with Crippen LogP contribution >= 0.6 is 22.7 Å². The summed E-state index contributed by atoms with van der Waals surface area (Å²) in [4.78, 5) is 12.9. The predicted molar refractivity (Wildman–Crippen MR) is 75.8 cm³/mol. The molecule has 0 aliphatic heterocycles. The van der Waals surface area contributed by atoms with Crippen molar-refractivity contribution in [3.8, 4) is 0 Å². The Hall–Kier alpha value is -1.21. The van der Waals surface area contributed by atoms with Crippen LogP contribution in [0.2, 0.25) is 0 Å². The molecule has 1 N–H and O–H groups in total. The SMILES string of the molecule is CCCNc1nnc(Cn2c(C)c(C)sc2=O)s1. The first-order chi connectivity index (χ1) is 8.61. The number of rotatable bonds is 5. The van der Waals surface area contributed by atoms with Gasteiger partial charge in [-0.25, -0.2) is 0 Å². The van der Waals surface area contributed by atoms with Crippen molar-refractivity contribution in [1.82, 2.24) is 14.8 Å². The van der Waals surface area contributed by atoms with Crippen molar-refractivity contribution in [1.29, 1.82) is 0 Å². The van der Waals surface area contributed by atoms with Gasteiger partial charge in [-0.15, -0.1) is 10.2 Å². The second-order valence-corrected chi connectivity index (χ2v) is 6.25. The molecule has 18 heavy (non-hydrogen) atoms. The molecule has 0 saturated carbocycles. The molecule has 2 aromatic rings. The van der Waals surface area contributed by atoms with Gasteiger partial charge in [-0.05, 0) is 20.3 Å². The van der Waals surface area contributed by atoms with Crippen LogP contribution in [0, 0.1) is 13.8 Å². The van der Waals surface area contributed by atoms with E-state index in [0.29, 0.717) is 6.54 Å². The molecule has 0 atom stereocenters. The lowest BCUT2D eigenvalue weighted by atomic mass is 10.4. The molecule has 0 aliphatic carbocycles. The van der Waals surface area contributed by atoms with Crippen LogP contribution in [0.15, 0.2) is 4.79 Å². The highest BCUT2D eigenvalue weighted by Crippen LogP contribution is 2.17. The fourth-order valence-corrected chi connectivity index (χ4v) is 3.11. The van der Waals surface area contributed by atoms with E-state index >= 15 is 0 Å². The number of thiazole rings is 1. The molecule has 0 amide bonds. The standard InChI is InChI=1S/C11H16N4OS2/c1-4-5-12-10-14-13-9(18-10)6-15-7(2)8(3)17-11(15)16/h4-6H2,1-3H3,(H,12,14). The minimum atomic E-state index is 0.0725. The smallest absolute Gasteiger partial charge is 0.307 e. The molecular weight excluding hydrogens is 268 g/mol. The summed E-state index contributed by atoms with van der Waals surface area (Å²) in [5.74, 6) is 0. The van der Waals surface area contributed by atoms with Gasteiger partial charge in [-0.1, -0.05) is 29.6 Å². The molecule has 0 bridgehead atoms. The van der Waals surface area contributed by atoms with E-state index in [2.05, 4.69) is 22.4 Å². The van der Waals surface area contributed by atoms with E-state index in [1.165, 1.54) is 22.7 Å². The maximum atomic E-state index is 11.8. The van der Waals surface area contributed by atoms with E-state index in [1.807, 2.05) is 13.8 Å². The zero-order valence-electron chi connectivity index (χ0n) is 10.7. The van der Waals surface area contributed by atoms with Crippen LogP contribution in [-0.2, 0) is 6.54 Å². The summed E-state index contributed by atoms with van der Waals surface area (Å²) in [6.07, 6.45) is 1.05. The Bertz CT molecular complexity index is 584. The maximum absolute atomic E-state index is 11.8. The summed E-state index contributed by atoms with van der Waals surface area (Å²) < 4.78 is 1.75. The molecule has 2 heterocycles. The number of nitrogens with zero attached hydrogens (tertiary/aromatic N) is 3. The topological polar surface area (TPSA) is 59.8 Å². The molecule has 0 unspecified atom stereocenters. The van der Waals surface area contributed by atoms with Gasteiger partial charge in [0.2, 0.25) is 5.13 Å². The molecule has 0 saturated heterocycles. The third kappa shape index (κ3) is 2.78. The van der Waals surface area contributed by atoms with Crippen molar-refractivity contribution in [3.05, 3.63) is 25.2 Å². The summed E-state index contributed by atoms with van der Waals surface area (Å²) in [5.41, 5.74) is 1.02. The first-order valence-electron chi connectivity index (χ1n) is 5.85. The number of hydrogen-bond donors (Lipinski definition) is 1. The van der Waals surface area contributed by atoms with Crippen LogP contribution in [0.3, 0.4) is 0 Å². The summed E-state index contributed by atoms with van der Waals surface area (Å²) in [6, 6.07) is 0. The second kappa shape index (κ2) is 5.62. The zero-order chi connectivity index (χ0) is 13.1. The lowest BCUT2D eigenvalue weighted by molar-refractivity contribution is 0.737. The highest BCUT2D eigenvalue weighted by atomic mass is 32.1. The fraction of sp³-hybridized carbons (Fsp3) is 0.545. The molecule has 5 nitrogen and oxygen atoms in total. The van der Waals surface area contributed by atoms with Crippen LogP contribution < -0.4 is 10.2 Å². The van der Waals surface area contributed by atoms with Crippen molar-refractivity contribution in [2.75, 3.05) is 11.9 Å². The van der Waals surface area contributed by atoms with Gasteiger partial charge in [-0.2, -0.15) is 0 Å². The van der Waals surface area contributed by atoms with Gasteiger partial charge < -0.3 is 5.32 Å². The predicted octanol–water partition coefficient (Wildman–Crippen LogP) is 2.25. The van der Waals surface area contributed by atoms with Gasteiger partial charge in [0.15, 0.2) is 0 Å². The summed E-state index contributed by atoms with van der Waals surface area (Å²) in [5, 5.41) is 13.0. The van der Waals surface area contributed by atoms with E-state index in [4.69, 9.17) is 0 Å². The van der Waals surface area contributed by atoms with Crippen LogP contribution in [0.4, 0.5) is 5.13 Å². The van der Waals surface area contributed by atoms with E-state index in [0.717, 1.165) is 33.7 Å². The molecule has 2 rings (SSSR count). The molecule has 0 spiro atoms. The first-order valence-corrected chi connectivity index (χ1v) is 7.48. The van der Waals surface area contributed by atoms with Crippen molar-refractivity contribution in [3.63, 3.8) is 0 Å². The van der Waals surface area contributed by atoms with Crippen LogP contribution in [0.5, 0.6) is 0 Å². The molecule has 98 valence electrons. The van der Waals surface area contributed by atoms with Crippen LogP contribution in [0.25, 0.3) is 0 Å². The van der Waals surface area contributed by atoms with Crippen molar-refractivity contribution in [2.45, 2.75) is 33.7 Å². The minimum absolute atomic E-state index is 0.0725. The third-order valence-electron chi connectivity index (χ3n) is 2.66. The lowest BCUT2D eigenvalue weighted by Gasteiger charge is -2.00. The van der Waals surface area contributed by atoms with Gasteiger partial charge in [0.1, 0.15) is 5.01 Å². The number of nitrogens with one attached hydrogen (secondary N) is 1.